The summed E-state index contributed by atoms with van der Waals surface area (Å²) < 4.78 is 10.8. The maximum absolute atomic E-state index is 12.3. The highest BCUT2D eigenvalue weighted by atomic mass is 32.2. The second-order valence-corrected chi connectivity index (χ2v) is 5.91. The molecule has 7 heteroatoms. The number of benzene rings is 1. The molecule has 1 aliphatic heterocycles. The minimum absolute atomic E-state index is 0.0741. The minimum atomic E-state index is -0.269. The summed E-state index contributed by atoms with van der Waals surface area (Å²) in [6.45, 7) is 4.56. The van der Waals surface area contributed by atoms with Crippen LogP contribution in [0.5, 0.6) is 11.5 Å². The van der Waals surface area contributed by atoms with E-state index in [2.05, 4.69) is 0 Å². The number of carbonyl (C=O) groups excluding carboxylic acids is 2. The third kappa shape index (κ3) is 4.09. The first-order valence-corrected chi connectivity index (χ1v) is 8.44. The molecule has 1 aromatic carbocycles. The van der Waals surface area contributed by atoms with Gasteiger partial charge in [0.2, 0.25) is 0 Å². The fourth-order valence-electron chi connectivity index (χ4n) is 2.18. The Labute approximate surface area is 145 Å². The average Bonchev–Trinajstić information content (AvgIpc) is 2.82. The molecule has 6 nitrogen and oxygen atoms in total. The largest absolute Gasteiger partial charge is 0.490 e. The molecule has 24 heavy (non-hydrogen) atoms. The molecular weight excluding hydrogens is 328 g/mol. The number of imide groups is 1. The van der Waals surface area contributed by atoms with E-state index in [1.54, 1.807) is 24.3 Å². The van der Waals surface area contributed by atoms with Crippen LogP contribution in [0.3, 0.4) is 0 Å². The molecule has 0 aliphatic carbocycles. The van der Waals surface area contributed by atoms with Crippen molar-refractivity contribution in [2.45, 2.75) is 20.3 Å². The minimum Gasteiger partial charge on any atom is -0.490 e. The Morgan fingerprint density at radius 2 is 2.04 bits per heavy atom. The van der Waals surface area contributed by atoms with E-state index in [0.717, 1.165) is 23.7 Å². The lowest BCUT2D eigenvalue weighted by atomic mass is 10.2. The van der Waals surface area contributed by atoms with Crippen molar-refractivity contribution in [1.82, 2.24) is 4.90 Å². The van der Waals surface area contributed by atoms with Gasteiger partial charge in [-0.15, -0.1) is 0 Å². The fourth-order valence-corrected chi connectivity index (χ4v) is 3.04. The van der Waals surface area contributed by atoms with Crippen LogP contribution in [0.25, 0.3) is 6.08 Å². The Hall–Kier alpha value is -2.46. The van der Waals surface area contributed by atoms with E-state index in [1.807, 2.05) is 19.9 Å². The molecule has 0 spiro atoms. The van der Waals surface area contributed by atoms with Crippen LogP contribution in [0, 0.1) is 11.3 Å². The Bertz CT molecular complexity index is 709. The first kappa shape index (κ1) is 17.9. The maximum atomic E-state index is 12.3. The number of hydrogen-bond acceptors (Lipinski definition) is 6. The molecule has 0 saturated carbocycles. The van der Waals surface area contributed by atoms with E-state index in [-0.39, 0.29) is 17.8 Å². The lowest BCUT2D eigenvalue weighted by Crippen LogP contribution is -2.28. The van der Waals surface area contributed by atoms with Gasteiger partial charge >= 0.3 is 0 Å². The Balaban J connectivity index is 2.26. The number of nitriles is 1. The van der Waals surface area contributed by atoms with Crippen molar-refractivity contribution in [2.24, 2.45) is 0 Å². The van der Waals surface area contributed by atoms with Crippen LogP contribution in [0.1, 0.15) is 25.8 Å². The van der Waals surface area contributed by atoms with Crippen molar-refractivity contribution in [2.75, 3.05) is 19.8 Å². The summed E-state index contributed by atoms with van der Waals surface area (Å²) in [5.74, 6) is 0.693. The standard InChI is InChI=1S/C17H18N2O4S/c1-3-8-19-16(20)15(24-17(19)21)11-12-5-6-13(23-9-7-18)14(10-12)22-4-2/h5-6,10-11H,3-4,8-9H2,1-2H3/b15-11-. The van der Waals surface area contributed by atoms with Gasteiger partial charge in [0.25, 0.3) is 11.1 Å². The van der Waals surface area contributed by atoms with Crippen LogP contribution < -0.4 is 9.47 Å². The van der Waals surface area contributed by atoms with E-state index in [4.69, 9.17) is 14.7 Å². The van der Waals surface area contributed by atoms with Gasteiger partial charge in [0.15, 0.2) is 18.1 Å². The van der Waals surface area contributed by atoms with Crippen LogP contribution in [-0.4, -0.2) is 35.8 Å². The molecule has 1 heterocycles. The van der Waals surface area contributed by atoms with Gasteiger partial charge in [0, 0.05) is 6.54 Å². The highest BCUT2D eigenvalue weighted by Gasteiger charge is 2.34. The number of hydrogen-bond donors (Lipinski definition) is 0. The summed E-state index contributed by atoms with van der Waals surface area (Å²) in [6, 6.07) is 7.07. The first-order valence-electron chi connectivity index (χ1n) is 7.62. The van der Waals surface area contributed by atoms with Crippen LogP contribution in [-0.2, 0) is 4.79 Å². The fraction of sp³-hybridized carbons (Fsp3) is 0.353. The molecule has 1 saturated heterocycles. The van der Waals surface area contributed by atoms with Crippen LogP contribution in [0.2, 0.25) is 0 Å². The van der Waals surface area contributed by atoms with Gasteiger partial charge in [0.05, 0.1) is 11.5 Å². The summed E-state index contributed by atoms with van der Waals surface area (Å²) in [7, 11) is 0. The number of carbonyl (C=O) groups is 2. The van der Waals surface area contributed by atoms with Gasteiger partial charge in [-0.1, -0.05) is 13.0 Å². The average molecular weight is 346 g/mol. The van der Waals surface area contributed by atoms with Crippen LogP contribution >= 0.6 is 11.8 Å². The molecule has 0 aromatic heterocycles. The summed E-state index contributed by atoms with van der Waals surface area (Å²) >= 11 is 0.937. The Morgan fingerprint density at radius 1 is 1.25 bits per heavy atom. The monoisotopic (exact) mass is 346 g/mol. The highest BCUT2D eigenvalue weighted by molar-refractivity contribution is 8.18. The molecular formula is C17H18N2O4S. The van der Waals surface area contributed by atoms with Crippen molar-refractivity contribution in [3.63, 3.8) is 0 Å². The molecule has 1 aliphatic rings. The van der Waals surface area contributed by atoms with E-state index in [1.165, 1.54) is 4.90 Å². The van der Waals surface area contributed by atoms with Crippen molar-refractivity contribution in [1.29, 1.82) is 5.26 Å². The van der Waals surface area contributed by atoms with Crippen molar-refractivity contribution >= 4 is 29.0 Å². The van der Waals surface area contributed by atoms with Gasteiger partial charge in [0.1, 0.15) is 6.07 Å². The third-order valence-electron chi connectivity index (χ3n) is 3.18. The number of nitrogens with zero attached hydrogens (tertiary/aromatic N) is 2. The van der Waals surface area contributed by atoms with Gasteiger partial charge in [-0.05, 0) is 48.9 Å². The zero-order valence-corrected chi connectivity index (χ0v) is 14.4. The first-order chi connectivity index (χ1) is 11.6. The second-order valence-electron chi connectivity index (χ2n) is 4.92. The summed E-state index contributed by atoms with van der Waals surface area (Å²) in [5.41, 5.74) is 0.727. The lowest BCUT2D eigenvalue weighted by molar-refractivity contribution is -0.122. The van der Waals surface area contributed by atoms with Crippen molar-refractivity contribution < 1.29 is 19.1 Å². The normalized spacial score (nSPS) is 15.7. The van der Waals surface area contributed by atoms with E-state index in [9.17, 15) is 9.59 Å². The van der Waals surface area contributed by atoms with E-state index >= 15 is 0 Å². The van der Waals surface area contributed by atoms with E-state index < -0.39 is 0 Å². The molecule has 0 bridgehead atoms. The van der Waals surface area contributed by atoms with Gasteiger partial charge < -0.3 is 9.47 Å². The molecule has 0 atom stereocenters. The third-order valence-corrected chi connectivity index (χ3v) is 4.09. The lowest BCUT2D eigenvalue weighted by Gasteiger charge is -2.11. The predicted molar refractivity (Wildman–Crippen MR) is 91.7 cm³/mol. The summed E-state index contributed by atoms with van der Waals surface area (Å²) in [4.78, 5) is 25.8. The Morgan fingerprint density at radius 3 is 2.71 bits per heavy atom. The molecule has 126 valence electrons. The predicted octanol–water partition coefficient (Wildman–Crippen LogP) is 3.43. The maximum Gasteiger partial charge on any atom is 0.293 e. The second kappa shape index (κ2) is 8.41. The summed E-state index contributed by atoms with van der Waals surface area (Å²) in [5, 5.41) is 8.37. The molecule has 0 unspecified atom stereocenters. The number of rotatable bonds is 7. The Kier molecular flexibility index (Phi) is 6.27. The SMILES string of the molecule is CCCN1C(=O)S/C(=C\c2ccc(OCC#N)c(OCC)c2)C1=O. The van der Waals surface area contributed by atoms with Crippen molar-refractivity contribution in [3.8, 4) is 17.6 Å². The molecule has 2 amide bonds. The molecule has 0 N–H and O–H groups in total. The van der Waals surface area contributed by atoms with Crippen LogP contribution in [0.4, 0.5) is 4.79 Å². The zero-order chi connectivity index (χ0) is 17.5. The zero-order valence-electron chi connectivity index (χ0n) is 13.6. The quantitative estimate of drug-likeness (QED) is 0.704. The van der Waals surface area contributed by atoms with Gasteiger partial charge in [-0.3, -0.25) is 14.5 Å². The van der Waals surface area contributed by atoms with Crippen LogP contribution in [0.15, 0.2) is 23.1 Å². The number of amides is 2. The van der Waals surface area contributed by atoms with Crippen molar-refractivity contribution in [3.05, 3.63) is 28.7 Å². The molecule has 2 rings (SSSR count). The molecule has 0 radical (unpaired) electrons. The topological polar surface area (TPSA) is 79.6 Å². The van der Waals surface area contributed by atoms with Gasteiger partial charge in [-0.25, -0.2) is 0 Å². The van der Waals surface area contributed by atoms with Gasteiger partial charge in [-0.2, -0.15) is 5.26 Å². The van der Waals surface area contributed by atoms with E-state index in [0.29, 0.717) is 29.6 Å². The molecule has 1 fully saturated rings. The highest BCUT2D eigenvalue weighted by Crippen LogP contribution is 2.34. The molecule has 1 aromatic rings. The number of ether oxygens (including phenoxy) is 2. The number of thioether (sulfide) groups is 1. The summed E-state index contributed by atoms with van der Waals surface area (Å²) in [6.07, 6.45) is 2.39. The smallest absolute Gasteiger partial charge is 0.293 e.